The minimum absolute atomic E-state index is 0.0679. The number of amides is 1. The number of carbonyl (C=O) groups is 2. The van der Waals surface area contributed by atoms with Crippen LogP contribution >= 0.6 is 0 Å². The van der Waals surface area contributed by atoms with E-state index in [1.807, 2.05) is 13.8 Å². The molecular weight excluding hydrogens is 380 g/mol. The van der Waals surface area contributed by atoms with E-state index in [-0.39, 0.29) is 34.2 Å². The summed E-state index contributed by atoms with van der Waals surface area (Å²) in [5, 5.41) is 2.78. The molecule has 2 aliphatic rings. The summed E-state index contributed by atoms with van der Waals surface area (Å²) >= 11 is 0. The topological polar surface area (TPSA) is 92.8 Å². The molecule has 1 N–H and O–H groups in total. The van der Waals surface area contributed by atoms with E-state index in [1.54, 1.807) is 0 Å². The van der Waals surface area contributed by atoms with E-state index in [0.717, 1.165) is 19.3 Å². The number of nitrogens with one attached hydrogen (secondary N) is 1. The number of sulfonamides is 1. The van der Waals surface area contributed by atoms with Crippen molar-refractivity contribution in [3.05, 3.63) is 29.8 Å². The highest BCUT2D eigenvalue weighted by Gasteiger charge is 2.32. The number of piperidine rings is 1. The molecule has 2 fully saturated rings. The molecule has 0 spiro atoms. The number of esters is 1. The Morgan fingerprint density at radius 1 is 1.18 bits per heavy atom. The summed E-state index contributed by atoms with van der Waals surface area (Å²) in [5.74, 6) is -0.471. The Balaban J connectivity index is 1.71. The second-order valence-corrected chi connectivity index (χ2v) is 10.1. The number of ether oxygens (including phenoxy) is 1. The summed E-state index contributed by atoms with van der Waals surface area (Å²) in [4.78, 5) is 24.4. The van der Waals surface area contributed by atoms with Crippen LogP contribution < -0.4 is 5.32 Å². The Kier molecular flexibility index (Phi) is 6.09. The van der Waals surface area contributed by atoms with E-state index in [1.165, 1.54) is 35.5 Å². The van der Waals surface area contributed by atoms with E-state index in [2.05, 4.69) is 5.32 Å². The number of carbonyl (C=O) groups excluding carboxylic acids is 2. The zero-order valence-corrected chi connectivity index (χ0v) is 17.4. The third-order valence-corrected chi connectivity index (χ3v) is 6.95. The van der Waals surface area contributed by atoms with Gasteiger partial charge < -0.3 is 10.1 Å². The Morgan fingerprint density at radius 2 is 1.82 bits per heavy atom. The molecule has 3 atom stereocenters. The van der Waals surface area contributed by atoms with Crippen molar-refractivity contribution in [3.63, 3.8) is 0 Å². The summed E-state index contributed by atoms with van der Waals surface area (Å²) in [5.41, 5.74) is 0.116. The van der Waals surface area contributed by atoms with Crippen LogP contribution in [0.5, 0.6) is 0 Å². The highest BCUT2D eigenvalue weighted by Crippen LogP contribution is 2.27. The van der Waals surface area contributed by atoms with Gasteiger partial charge in [-0.2, -0.15) is 4.31 Å². The molecule has 3 unspecified atom stereocenters. The molecule has 0 radical (unpaired) electrons. The highest BCUT2D eigenvalue weighted by molar-refractivity contribution is 7.89. The molecule has 1 saturated heterocycles. The van der Waals surface area contributed by atoms with Gasteiger partial charge in [-0.25, -0.2) is 13.2 Å². The molecular formula is C20H28N2O5S. The zero-order valence-electron chi connectivity index (χ0n) is 16.6. The fourth-order valence-electron chi connectivity index (χ4n) is 3.56. The normalized spacial score (nSPS) is 24.4. The molecule has 1 aromatic carbocycles. The molecule has 8 heteroatoms. The molecule has 7 nitrogen and oxygen atoms in total. The van der Waals surface area contributed by atoms with Crippen LogP contribution in [0.4, 0.5) is 0 Å². The number of hydrogen-bond acceptors (Lipinski definition) is 5. The average molecular weight is 409 g/mol. The first-order chi connectivity index (χ1) is 13.2. The first kappa shape index (κ1) is 20.8. The SMILES string of the molecule is CC1CC(C)CN(S(=O)(=O)c2cccc(C(=O)OC(C)C(=O)NC3CC3)c2)C1. The maximum atomic E-state index is 13.0. The van der Waals surface area contributed by atoms with Gasteiger partial charge in [-0.3, -0.25) is 4.79 Å². The maximum Gasteiger partial charge on any atom is 0.338 e. The van der Waals surface area contributed by atoms with Crippen molar-refractivity contribution in [2.75, 3.05) is 13.1 Å². The van der Waals surface area contributed by atoms with Gasteiger partial charge in [-0.15, -0.1) is 0 Å². The molecule has 1 heterocycles. The summed E-state index contributed by atoms with van der Waals surface area (Å²) in [7, 11) is -3.69. The molecule has 1 aliphatic carbocycles. The average Bonchev–Trinajstić information content (AvgIpc) is 3.44. The van der Waals surface area contributed by atoms with Gasteiger partial charge in [0.1, 0.15) is 0 Å². The molecule has 1 aromatic rings. The second kappa shape index (κ2) is 8.21. The number of hydrogen-bond donors (Lipinski definition) is 1. The van der Waals surface area contributed by atoms with Crippen LogP contribution in [0, 0.1) is 11.8 Å². The minimum Gasteiger partial charge on any atom is -0.449 e. The minimum atomic E-state index is -3.69. The molecule has 28 heavy (non-hydrogen) atoms. The summed E-state index contributed by atoms with van der Waals surface area (Å²) < 4.78 is 32.7. The molecule has 1 amide bonds. The van der Waals surface area contributed by atoms with E-state index < -0.39 is 22.1 Å². The quantitative estimate of drug-likeness (QED) is 0.729. The van der Waals surface area contributed by atoms with Gasteiger partial charge in [0.15, 0.2) is 6.10 Å². The lowest BCUT2D eigenvalue weighted by molar-refractivity contribution is -0.129. The molecule has 0 bridgehead atoms. The van der Waals surface area contributed by atoms with Crippen LogP contribution in [-0.2, 0) is 19.6 Å². The summed E-state index contributed by atoms with van der Waals surface area (Å²) in [6.45, 7) is 6.53. The third kappa shape index (κ3) is 4.91. The van der Waals surface area contributed by atoms with Crippen molar-refractivity contribution in [1.29, 1.82) is 0 Å². The van der Waals surface area contributed by atoms with E-state index in [0.29, 0.717) is 13.1 Å². The predicted octanol–water partition coefficient (Wildman–Crippen LogP) is 2.18. The van der Waals surface area contributed by atoms with E-state index in [4.69, 9.17) is 4.74 Å². The Labute approximate surface area is 166 Å². The monoisotopic (exact) mass is 408 g/mol. The smallest absolute Gasteiger partial charge is 0.338 e. The van der Waals surface area contributed by atoms with Crippen molar-refractivity contribution in [3.8, 4) is 0 Å². The lowest BCUT2D eigenvalue weighted by atomic mass is 9.94. The van der Waals surface area contributed by atoms with Gasteiger partial charge in [-0.1, -0.05) is 19.9 Å². The third-order valence-electron chi connectivity index (χ3n) is 5.12. The maximum absolute atomic E-state index is 13.0. The summed E-state index contributed by atoms with van der Waals surface area (Å²) in [6.07, 6.45) is 1.95. The largest absolute Gasteiger partial charge is 0.449 e. The van der Waals surface area contributed by atoms with E-state index in [9.17, 15) is 18.0 Å². The lowest BCUT2D eigenvalue weighted by Gasteiger charge is -2.34. The standard InChI is InChI=1S/C20H28N2O5S/c1-13-9-14(2)12-22(11-13)28(25,26)18-6-4-5-16(10-18)20(24)27-15(3)19(23)21-17-7-8-17/h4-6,10,13-15,17H,7-9,11-12H2,1-3H3,(H,21,23). The Morgan fingerprint density at radius 3 is 2.43 bits per heavy atom. The fourth-order valence-corrected chi connectivity index (χ4v) is 5.29. The van der Waals surface area contributed by atoms with Gasteiger partial charge in [-0.05, 0) is 56.2 Å². The molecule has 1 saturated carbocycles. The Bertz CT molecular complexity index is 840. The van der Waals surface area contributed by atoms with Gasteiger partial charge in [0.25, 0.3) is 5.91 Å². The van der Waals surface area contributed by atoms with Crippen molar-refractivity contribution in [2.45, 2.75) is 57.1 Å². The fraction of sp³-hybridized carbons (Fsp3) is 0.600. The predicted molar refractivity (Wildman–Crippen MR) is 104 cm³/mol. The van der Waals surface area contributed by atoms with E-state index >= 15 is 0 Å². The van der Waals surface area contributed by atoms with Gasteiger partial charge in [0, 0.05) is 19.1 Å². The van der Waals surface area contributed by atoms with Crippen molar-refractivity contribution in [1.82, 2.24) is 9.62 Å². The van der Waals surface area contributed by atoms with Gasteiger partial charge in [0.05, 0.1) is 10.5 Å². The van der Waals surface area contributed by atoms with Crippen LogP contribution in [0.2, 0.25) is 0 Å². The van der Waals surface area contributed by atoms with Crippen LogP contribution in [-0.4, -0.2) is 49.8 Å². The van der Waals surface area contributed by atoms with Crippen molar-refractivity contribution < 1.29 is 22.7 Å². The van der Waals surface area contributed by atoms with Crippen LogP contribution in [0.3, 0.4) is 0 Å². The number of benzene rings is 1. The van der Waals surface area contributed by atoms with Gasteiger partial charge in [0.2, 0.25) is 10.0 Å². The first-order valence-corrected chi connectivity index (χ1v) is 11.2. The summed E-state index contributed by atoms with van der Waals surface area (Å²) in [6, 6.07) is 6.01. The molecule has 1 aliphatic heterocycles. The molecule has 154 valence electrons. The van der Waals surface area contributed by atoms with Crippen LogP contribution in [0.25, 0.3) is 0 Å². The van der Waals surface area contributed by atoms with Crippen molar-refractivity contribution in [2.24, 2.45) is 11.8 Å². The molecule has 3 rings (SSSR count). The first-order valence-electron chi connectivity index (χ1n) is 9.78. The number of nitrogens with zero attached hydrogens (tertiary/aromatic N) is 1. The van der Waals surface area contributed by atoms with Crippen LogP contribution in [0.1, 0.15) is 50.4 Å². The Hall–Kier alpha value is -1.93. The van der Waals surface area contributed by atoms with Crippen LogP contribution in [0.15, 0.2) is 29.2 Å². The van der Waals surface area contributed by atoms with Crippen molar-refractivity contribution >= 4 is 21.9 Å². The lowest BCUT2D eigenvalue weighted by Crippen LogP contribution is -2.42. The highest BCUT2D eigenvalue weighted by atomic mass is 32.2. The van der Waals surface area contributed by atoms with Gasteiger partial charge >= 0.3 is 5.97 Å². The number of rotatable bonds is 6. The molecule has 0 aromatic heterocycles. The second-order valence-electron chi connectivity index (χ2n) is 8.13. The zero-order chi connectivity index (χ0) is 20.5.